The minimum absolute atomic E-state index is 0.0974. The molecule has 0 saturated carbocycles. The zero-order valence-electron chi connectivity index (χ0n) is 19.4. The number of likely N-dealkylation sites (tertiary alicyclic amines) is 1. The van der Waals surface area contributed by atoms with Crippen LogP contribution >= 0.6 is 11.8 Å². The Hall–Kier alpha value is -2.11. The Morgan fingerprint density at radius 3 is 2.21 bits per heavy atom. The molecule has 1 fully saturated rings. The third-order valence-electron chi connectivity index (χ3n) is 5.67. The standard InChI is InChI=1S/C22H33N3O6S2/c1-14(2)19(24-33(30,31)17-7-5-15(3)6-8-17)21(27)25-11-9-16(10-12-25)20(26)23-18(13-32-4)22(28)29/h5-8,14,16,18-19,24H,9-13H2,1-4H3,(H,23,26)(H,28,29). The quantitative estimate of drug-likeness (QED) is 0.444. The number of piperidine rings is 1. The summed E-state index contributed by atoms with van der Waals surface area (Å²) in [5.74, 6) is -2.13. The number of hydrogen-bond acceptors (Lipinski definition) is 6. The number of amides is 2. The van der Waals surface area contributed by atoms with Gasteiger partial charge in [-0.3, -0.25) is 9.59 Å². The number of nitrogens with one attached hydrogen (secondary N) is 2. The van der Waals surface area contributed by atoms with E-state index in [4.69, 9.17) is 0 Å². The number of hydrogen-bond donors (Lipinski definition) is 3. The first-order valence-electron chi connectivity index (χ1n) is 10.9. The monoisotopic (exact) mass is 499 g/mol. The van der Waals surface area contributed by atoms with Gasteiger partial charge < -0.3 is 15.3 Å². The van der Waals surface area contributed by atoms with Gasteiger partial charge in [0.25, 0.3) is 0 Å². The molecule has 11 heteroatoms. The summed E-state index contributed by atoms with van der Waals surface area (Å²) in [5, 5.41) is 11.8. The fourth-order valence-corrected chi connectivity index (χ4v) is 5.51. The van der Waals surface area contributed by atoms with E-state index >= 15 is 0 Å². The lowest BCUT2D eigenvalue weighted by Crippen LogP contribution is -2.54. The molecule has 1 aromatic carbocycles. The van der Waals surface area contributed by atoms with Gasteiger partial charge in [-0.25, -0.2) is 13.2 Å². The first-order chi connectivity index (χ1) is 15.5. The smallest absolute Gasteiger partial charge is 0.327 e. The second-order valence-electron chi connectivity index (χ2n) is 8.61. The van der Waals surface area contributed by atoms with Gasteiger partial charge >= 0.3 is 5.97 Å². The Bertz CT molecular complexity index is 941. The number of carbonyl (C=O) groups excluding carboxylic acids is 2. The van der Waals surface area contributed by atoms with Crippen LogP contribution in [0.15, 0.2) is 29.2 Å². The highest BCUT2D eigenvalue weighted by molar-refractivity contribution is 7.98. The number of carboxylic acid groups (broad SMARTS) is 1. The van der Waals surface area contributed by atoms with Crippen molar-refractivity contribution >= 4 is 39.6 Å². The molecular weight excluding hydrogens is 466 g/mol. The van der Waals surface area contributed by atoms with E-state index in [1.165, 1.54) is 23.9 Å². The Morgan fingerprint density at radius 1 is 1.15 bits per heavy atom. The van der Waals surface area contributed by atoms with E-state index in [0.29, 0.717) is 25.9 Å². The normalized spacial score (nSPS) is 16.9. The number of nitrogens with zero attached hydrogens (tertiary/aromatic N) is 1. The molecule has 0 spiro atoms. The number of rotatable bonds is 10. The number of carboxylic acids is 1. The fraction of sp³-hybridized carbons (Fsp3) is 0.591. The maximum Gasteiger partial charge on any atom is 0.327 e. The predicted octanol–water partition coefficient (Wildman–Crippen LogP) is 1.47. The van der Waals surface area contributed by atoms with Crippen molar-refractivity contribution in [3.63, 3.8) is 0 Å². The zero-order valence-corrected chi connectivity index (χ0v) is 21.0. The molecule has 1 aliphatic heterocycles. The molecule has 0 aromatic heterocycles. The number of aryl methyl sites for hydroxylation is 1. The molecule has 2 unspecified atom stereocenters. The molecule has 0 bridgehead atoms. The summed E-state index contributed by atoms with van der Waals surface area (Å²) in [6, 6.07) is 4.53. The summed E-state index contributed by atoms with van der Waals surface area (Å²) in [6.07, 6.45) is 2.54. The summed E-state index contributed by atoms with van der Waals surface area (Å²) in [6.45, 7) is 6.01. The molecule has 0 aliphatic carbocycles. The van der Waals surface area contributed by atoms with Crippen LogP contribution in [-0.2, 0) is 24.4 Å². The molecule has 184 valence electrons. The van der Waals surface area contributed by atoms with Gasteiger partial charge in [0.05, 0.1) is 4.90 Å². The Kier molecular flexibility index (Phi) is 9.74. The first kappa shape index (κ1) is 27.1. The number of benzene rings is 1. The number of thioether (sulfide) groups is 1. The van der Waals surface area contributed by atoms with E-state index in [1.54, 1.807) is 37.1 Å². The lowest BCUT2D eigenvalue weighted by Gasteiger charge is -2.35. The van der Waals surface area contributed by atoms with Gasteiger partial charge in [0.1, 0.15) is 12.1 Å². The average molecular weight is 500 g/mol. The second-order valence-corrected chi connectivity index (χ2v) is 11.2. The lowest BCUT2D eigenvalue weighted by atomic mass is 9.94. The molecule has 1 aliphatic rings. The van der Waals surface area contributed by atoms with Gasteiger partial charge in [-0.1, -0.05) is 31.5 Å². The van der Waals surface area contributed by atoms with Crippen LogP contribution in [0.25, 0.3) is 0 Å². The van der Waals surface area contributed by atoms with Crippen molar-refractivity contribution in [3.8, 4) is 0 Å². The molecule has 3 N–H and O–H groups in total. The number of aliphatic carboxylic acids is 1. The molecule has 2 amide bonds. The number of sulfonamides is 1. The average Bonchev–Trinajstić information content (AvgIpc) is 2.76. The molecular formula is C22H33N3O6S2. The van der Waals surface area contributed by atoms with E-state index in [9.17, 15) is 27.9 Å². The second kappa shape index (κ2) is 11.8. The Morgan fingerprint density at radius 2 is 1.73 bits per heavy atom. The summed E-state index contributed by atoms with van der Waals surface area (Å²) in [4.78, 5) is 38.6. The molecule has 2 atom stereocenters. The van der Waals surface area contributed by atoms with Crippen LogP contribution in [0, 0.1) is 18.8 Å². The van der Waals surface area contributed by atoms with Gasteiger partial charge in [0.2, 0.25) is 21.8 Å². The van der Waals surface area contributed by atoms with Crippen molar-refractivity contribution in [3.05, 3.63) is 29.8 Å². The third-order valence-corrected chi connectivity index (χ3v) is 7.80. The van der Waals surface area contributed by atoms with Crippen LogP contribution in [0.3, 0.4) is 0 Å². The van der Waals surface area contributed by atoms with Crippen molar-refractivity contribution in [2.24, 2.45) is 11.8 Å². The molecule has 9 nitrogen and oxygen atoms in total. The van der Waals surface area contributed by atoms with Crippen LogP contribution < -0.4 is 10.0 Å². The van der Waals surface area contributed by atoms with Crippen LogP contribution in [0.4, 0.5) is 0 Å². The van der Waals surface area contributed by atoms with Gasteiger partial charge in [-0.15, -0.1) is 0 Å². The lowest BCUT2D eigenvalue weighted by molar-refractivity contribution is -0.142. The Balaban J connectivity index is 2.01. The maximum atomic E-state index is 13.1. The highest BCUT2D eigenvalue weighted by Gasteiger charge is 2.35. The summed E-state index contributed by atoms with van der Waals surface area (Å²) >= 11 is 1.34. The van der Waals surface area contributed by atoms with E-state index in [-0.39, 0.29) is 34.3 Å². The summed E-state index contributed by atoms with van der Waals surface area (Å²) < 4.78 is 28.2. The van der Waals surface area contributed by atoms with Crippen molar-refractivity contribution in [2.45, 2.75) is 50.6 Å². The van der Waals surface area contributed by atoms with Gasteiger partial charge in [-0.05, 0) is 44.1 Å². The SMILES string of the molecule is CSCC(NC(=O)C1CCN(C(=O)C(NS(=O)(=O)c2ccc(C)cc2)C(C)C)CC1)C(=O)O. The van der Waals surface area contributed by atoms with E-state index < -0.39 is 28.1 Å². The highest BCUT2D eigenvalue weighted by atomic mass is 32.2. The van der Waals surface area contributed by atoms with Crippen molar-refractivity contribution in [1.29, 1.82) is 0 Å². The maximum absolute atomic E-state index is 13.1. The van der Waals surface area contributed by atoms with Crippen LogP contribution in [0.5, 0.6) is 0 Å². The molecule has 1 aromatic rings. The minimum Gasteiger partial charge on any atom is -0.480 e. The molecule has 1 heterocycles. The highest BCUT2D eigenvalue weighted by Crippen LogP contribution is 2.21. The number of carbonyl (C=O) groups is 3. The summed E-state index contributed by atoms with van der Waals surface area (Å²) in [5.41, 5.74) is 0.931. The molecule has 0 radical (unpaired) electrons. The minimum atomic E-state index is -3.88. The van der Waals surface area contributed by atoms with Gasteiger partial charge in [0.15, 0.2) is 0 Å². The predicted molar refractivity (Wildman–Crippen MR) is 127 cm³/mol. The zero-order chi connectivity index (χ0) is 24.8. The van der Waals surface area contributed by atoms with E-state index in [1.807, 2.05) is 6.92 Å². The third kappa shape index (κ3) is 7.44. The fourth-order valence-electron chi connectivity index (χ4n) is 3.61. The van der Waals surface area contributed by atoms with Gasteiger partial charge in [-0.2, -0.15) is 16.5 Å². The Labute approximate surface area is 199 Å². The topological polar surface area (TPSA) is 133 Å². The molecule has 1 saturated heterocycles. The van der Waals surface area contributed by atoms with E-state index in [2.05, 4.69) is 10.0 Å². The van der Waals surface area contributed by atoms with Crippen molar-refractivity contribution in [1.82, 2.24) is 14.9 Å². The van der Waals surface area contributed by atoms with Crippen molar-refractivity contribution in [2.75, 3.05) is 25.1 Å². The largest absolute Gasteiger partial charge is 0.480 e. The van der Waals surface area contributed by atoms with Crippen LogP contribution in [0.2, 0.25) is 0 Å². The molecule has 2 rings (SSSR count). The van der Waals surface area contributed by atoms with Crippen molar-refractivity contribution < 1.29 is 27.9 Å². The first-order valence-corrected chi connectivity index (χ1v) is 13.7. The van der Waals surface area contributed by atoms with Gasteiger partial charge in [0, 0.05) is 24.8 Å². The van der Waals surface area contributed by atoms with E-state index in [0.717, 1.165) is 5.56 Å². The van der Waals surface area contributed by atoms with Crippen LogP contribution in [-0.4, -0.2) is 73.4 Å². The molecule has 33 heavy (non-hydrogen) atoms. The van der Waals surface area contributed by atoms with Crippen LogP contribution in [0.1, 0.15) is 32.3 Å². The summed E-state index contributed by atoms with van der Waals surface area (Å²) in [7, 11) is -3.88.